The predicted molar refractivity (Wildman–Crippen MR) is 68.3 cm³/mol. The van der Waals surface area contributed by atoms with Gasteiger partial charge in [-0.25, -0.2) is 15.0 Å². The van der Waals surface area contributed by atoms with E-state index in [2.05, 4.69) is 32.2 Å². The zero-order valence-electron chi connectivity index (χ0n) is 9.90. The zero-order valence-corrected chi connectivity index (χ0v) is 10.7. The molecule has 5 nitrogen and oxygen atoms in total. The van der Waals surface area contributed by atoms with Gasteiger partial charge in [-0.05, 0) is 31.2 Å². The van der Waals surface area contributed by atoms with Crippen LogP contribution in [0.4, 0.5) is 5.95 Å². The first-order valence-corrected chi connectivity index (χ1v) is 6.36. The number of nitrogens with zero attached hydrogens (tertiary/aromatic N) is 3. The summed E-state index contributed by atoms with van der Waals surface area (Å²) >= 11 is 1.50. The average molecular weight is 249 g/mol. The van der Waals surface area contributed by atoms with E-state index in [1.165, 1.54) is 11.8 Å². The van der Waals surface area contributed by atoms with Crippen molar-refractivity contribution < 1.29 is 0 Å². The molecule has 2 heterocycles. The number of aromatic amines is 1. The van der Waals surface area contributed by atoms with Gasteiger partial charge in [0, 0.05) is 24.6 Å². The van der Waals surface area contributed by atoms with Crippen LogP contribution >= 0.6 is 11.8 Å². The molecule has 0 aliphatic heterocycles. The lowest BCUT2D eigenvalue weighted by molar-refractivity contribution is 0.922. The van der Waals surface area contributed by atoms with Crippen molar-refractivity contribution in [1.82, 2.24) is 19.9 Å². The first kappa shape index (κ1) is 11.9. The molecular weight excluding hydrogens is 234 g/mol. The van der Waals surface area contributed by atoms with Crippen LogP contribution in [0.15, 0.2) is 28.6 Å². The molecule has 2 aromatic heterocycles. The summed E-state index contributed by atoms with van der Waals surface area (Å²) in [6.07, 6.45) is 4.58. The van der Waals surface area contributed by atoms with Crippen molar-refractivity contribution in [1.29, 1.82) is 0 Å². The van der Waals surface area contributed by atoms with E-state index in [9.17, 15) is 0 Å². The number of hydrogen-bond donors (Lipinski definition) is 2. The maximum absolute atomic E-state index is 4.43. The normalized spacial score (nSPS) is 10.5. The van der Waals surface area contributed by atoms with Crippen molar-refractivity contribution in [3.8, 4) is 0 Å². The van der Waals surface area contributed by atoms with Crippen LogP contribution in [-0.4, -0.2) is 26.5 Å². The Balaban J connectivity index is 2.13. The van der Waals surface area contributed by atoms with E-state index < -0.39 is 0 Å². The van der Waals surface area contributed by atoms with E-state index in [0.717, 1.165) is 28.8 Å². The lowest BCUT2D eigenvalue weighted by atomic mass is 10.4. The van der Waals surface area contributed by atoms with Gasteiger partial charge in [-0.2, -0.15) is 0 Å². The largest absolute Gasteiger partial charge is 0.354 e. The van der Waals surface area contributed by atoms with Crippen LogP contribution in [0.2, 0.25) is 0 Å². The average Bonchev–Trinajstić information content (AvgIpc) is 2.78. The number of aryl methyl sites for hydroxylation is 1. The number of hydrogen-bond acceptors (Lipinski definition) is 5. The molecule has 0 amide bonds. The van der Waals surface area contributed by atoms with Crippen LogP contribution in [0.3, 0.4) is 0 Å². The number of imidazole rings is 1. The summed E-state index contributed by atoms with van der Waals surface area (Å²) in [5.74, 6) is 0.681. The van der Waals surface area contributed by atoms with Crippen LogP contribution in [0, 0.1) is 6.92 Å². The molecule has 2 rings (SSSR count). The van der Waals surface area contributed by atoms with E-state index in [1.54, 1.807) is 12.4 Å². The van der Waals surface area contributed by atoms with Crippen molar-refractivity contribution in [2.45, 2.75) is 30.5 Å². The monoisotopic (exact) mass is 249 g/mol. The smallest absolute Gasteiger partial charge is 0.223 e. The molecule has 0 aliphatic carbocycles. The third kappa shape index (κ3) is 3.45. The Morgan fingerprint density at radius 3 is 3.00 bits per heavy atom. The molecule has 0 fully saturated rings. The molecule has 0 saturated carbocycles. The summed E-state index contributed by atoms with van der Waals surface area (Å²) in [7, 11) is 0. The second-order valence-electron chi connectivity index (χ2n) is 3.59. The molecule has 6 heteroatoms. The molecule has 2 N–H and O–H groups in total. The fraction of sp³-hybridized carbons (Fsp3) is 0.364. The van der Waals surface area contributed by atoms with E-state index in [-0.39, 0.29) is 0 Å². The van der Waals surface area contributed by atoms with Crippen molar-refractivity contribution in [3.05, 3.63) is 24.2 Å². The van der Waals surface area contributed by atoms with E-state index in [4.69, 9.17) is 0 Å². The Hall–Kier alpha value is -1.56. The highest BCUT2D eigenvalue weighted by atomic mass is 32.2. The van der Waals surface area contributed by atoms with Gasteiger partial charge in [0.2, 0.25) is 5.95 Å². The molecule has 0 radical (unpaired) electrons. The maximum atomic E-state index is 4.43. The minimum atomic E-state index is 0.681. The quantitative estimate of drug-likeness (QED) is 0.797. The molecule has 0 unspecified atom stereocenters. The first-order chi connectivity index (χ1) is 8.28. The summed E-state index contributed by atoms with van der Waals surface area (Å²) in [5.41, 5.74) is 0.952. The van der Waals surface area contributed by atoms with E-state index in [1.807, 2.05) is 13.0 Å². The van der Waals surface area contributed by atoms with Gasteiger partial charge in [-0.15, -0.1) is 0 Å². The highest BCUT2D eigenvalue weighted by molar-refractivity contribution is 7.99. The molecule has 0 bridgehead atoms. The van der Waals surface area contributed by atoms with Crippen LogP contribution in [0.25, 0.3) is 0 Å². The number of nitrogens with one attached hydrogen (secondary N) is 2. The zero-order chi connectivity index (χ0) is 12.1. The molecular formula is C11H15N5S. The van der Waals surface area contributed by atoms with Gasteiger partial charge in [0.25, 0.3) is 0 Å². The van der Waals surface area contributed by atoms with Crippen LogP contribution in [0.5, 0.6) is 0 Å². The Bertz CT molecular complexity index is 469. The van der Waals surface area contributed by atoms with Gasteiger partial charge in [0.1, 0.15) is 5.03 Å². The highest BCUT2D eigenvalue weighted by Crippen LogP contribution is 2.23. The minimum Gasteiger partial charge on any atom is -0.354 e. The van der Waals surface area contributed by atoms with Crippen molar-refractivity contribution in [2.75, 3.05) is 11.9 Å². The van der Waals surface area contributed by atoms with Gasteiger partial charge in [-0.1, -0.05) is 6.92 Å². The molecule has 0 aliphatic rings. The lowest BCUT2D eigenvalue weighted by Crippen LogP contribution is -2.05. The van der Waals surface area contributed by atoms with Gasteiger partial charge >= 0.3 is 0 Å². The fourth-order valence-electron chi connectivity index (χ4n) is 1.31. The topological polar surface area (TPSA) is 66.5 Å². The standard InChI is InChI=1S/C11H15N5S/c1-3-4-12-10-15-8(2)7-9(16-10)17-11-13-5-6-14-11/h5-7H,3-4H2,1-2H3,(H,13,14)(H,12,15,16). The van der Waals surface area contributed by atoms with Gasteiger partial charge in [-0.3, -0.25) is 0 Å². The third-order valence-electron chi connectivity index (χ3n) is 2.04. The Morgan fingerprint density at radius 1 is 1.41 bits per heavy atom. The number of H-pyrrole nitrogens is 1. The third-order valence-corrected chi connectivity index (χ3v) is 2.87. The summed E-state index contributed by atoms with van der Waals surface area (Å²) in [5, 5.41) is 4.92. The van der Waals surface area contributed by atoms with Gasteiger partial charge < -0.3 is 10.3 Å². The molecule has 0 saturated heterocycles. The molecule has 90 valence electrons. The number of aromatic nitrogens is 4. The maximum Gasteiger partial charge on any atom is 0.223 e. The fourth-order valence-corrected chi connectivity index (χ4v) is 2.11. The molecule has 17 heavy (non-hydrogen) atoms. The van der Waals surface area contributed by atoms with Gasteiger partial charge in [0.05, 0.1) is 0 Å². The van der Waals surface area contributed by atoms with Crippen molar-refractivity contribution in [3.63, 3.8) is 0 Å². The predicted octanol–water partition coefficient (Wildman–Crippen LogP) is 2.48. The van der Waals surface area contributed by atoms with Crippen LogP contribution in [-0.2, 0) is 0 Å². The SMILES string of the molecule is CCCNc1nc(C)cc(Sc2ncc[nH]2)n1. The van der Waals surface area contributed by atoms with Gasteiger partial charge in [0.15, 0.2) is 5.16 Å². The lowest BCUT2D eigenvalue weighted by Gasteiger charge is -2.05. The van der Waals surface area contributed by atoms with Crippen LogP contribution in [0.1, 0.15) is 19.0 Å². The highest BCUT2D eigenvalue weighted by Gasteiger charge is 2.05. The Labute approximate surface area is 104 Å². The van der Waals surface area contributed by atoms with E-state index in [0.29, 0.717) is 5.95 Å². The Kier molecular flexibility index (Phi) is 3.98. The molecule has 0 aromatic carbocycles. The molecule has 0 atom stereocenters. The second-order valence-corrected chi connectivity index (χ2v) is 4.60. The molecule has 2 aromatic rings. The summed E-state index contributed by atoms with van der Waals surface area (Å²) in [6, 6.07) is 1.95. The Morgan fingerprint density at radius 2 is 2.29 bits per heavy atom. The number of anilines is 1. The van der Waals surface area contributed by atoms with Crippen molar-refractivity contribution in [2.24, 2.45) is 0 Å². The second kappa shape index (κ2) is 5.67. The van der Waals surface area contributed by atoms with Crippen molar-refractivity contribution >= 4 is 17.7 Å². The molecule has 0 spiro atoms. The summed E-state index contributed by atoms with van der Waals surface area (Å²) in [4.78, 5) is 16.0. The summed E-state index contributed by atoms with van der Waals surface area (Å²) in [6.45, 7) is 4.96. The van der Waals surface area contributed by atoms with E-state index >= 15 is 0 Å². The van der Waals surface area contributed by atoms with Crippen LogP contribution < -0.4 is 5.32 Å². The first-order valence-electron chi connectivity index (χ1n) is 5.54. The minimum absolute atomic E-state index is 0.681. The summed E-state index contributed by atoms with van der Waals surface area (Å²) < 4.78 is 0. The number of rotatable bonds is 5.